The molecular formula is C8H10N2O2. The summed E-state index contributed by atoms with van der Waals surface area (Å²) in [4.78, 5) is 12.2. The Hall–Kier alpha value is -1.34. The highest BCUT2D eigenvalue weighted by molar-refractivity contribution is 5.75. The first-order valence-electron chi connectivity index (χ1n) is 3.63. The van der Waals surface area contributed by atoms with Gasteiger partial charge in [-0.1, -0.05) is 0 Å². The van der Waals surface area contributed by atoms with Gasteiger partial charge in [-0.25, -0.2) is 0 Å². The van der Waals surface area contributed by atoms with E-state index in [-0.39, 0.29) is 5.91 Å². The van der Waals surface area contributed by atoms with Crippen molar-refractivity contribution in [1.29, 1.82) is 5.26 Å². The molecule has 0 aliphatic carbocycles. The Labute approximate surface area is 70.7 Å². The molecule has 12 heavy (non-hydrogen) atoms. The minimum atomic E-state index is -1.03. The fraction of sp³-hybridized carbons (Fsp3) is 0.500. The molecule has 1 amide bonds. The number of carbonyl (C=O) groups is 1. The van der Waals surface area contributed by atoms with Crippen LogP contribution in [0.4, 0.5) is 0 Å². The van der Waals surface area contributed by atoms with E-state index in [1.807, 2.05) is 6.07 Å². The molecule has 4 heteroatoms. The third-order valence-electron chi connectivity index (χ3n) is 1.95. The number of rotatable bonds is 0. The maximum atomic E-state index is 10.9. The van der Waals surface area contributed by atoms with E-state index in [2.05, 4.69) is 0 Å². The van der Waals surface area contributed by atoms with E-state index in [1.165, 1.54) is 11.8 Å². The minimum Gasteiger partial charge on any atom is -0.368 e. The number of hydrogen-bond acceptors (Lipinski definition) is 3. The number of nitriles is 1. The van der Waals surface area contributed by atoms with Crippen LogP contribution in [0.5, 0.6) is 0 Å². The zero-order valence-electron chi connectivity index (χ0n) is 7.03. The molecule has 4 nitrogen and oxygen atoms in total. The first-order chi connectivity index (χ1) is 5.57. The van der Waals surface area contributed by atoms with Gasteiger partial charge in [-0.2, -0.15) is 5.26 Å². The smallest absolute Gasteiger partial charge is 0.222 e. The molecule has 1 rings (SSSR count). The van der Waals surface area contributed by atoms with Crippen molar-refractivity contribution in [3.8, 4) is 6.07 Å². The van der Waals surface area contributed by atoms with Crippen molar-refractivity contribution in [3.05, 3.63) is 11.1 Å². The molecule has 0 radical (unpaired) electrons. The van der Waals surface area contributed by atoms with Crippen LogP contribution in [0.1, 0.15) is 13.8 Å². The summed E-state index contributed by atoms with van der Waals surface area (Å²) in [5.41, 5.74) is 1.06. The van der Waals surface area contributed by atoms with Crippen molar-refractivity contribution in [2.45, 2.75) is 20.1 Å². The Kier molecular flexibility index (Phi) is 2.15. The van der Waals surface area contributed by atoms with Crippen LogP contribution >= 0.6 is 0 Å². The summed E-state index contributed by atoms with van der Waals surface area (Å²) in [7, 11) is 0. The number of aliphatic hydroxyl groups excluding tert-OH is 1. The fourth-order valence-corrected chi connectivity index (χ4v) is 1.24. The molecule has 64 valence electrons. The van der Waals surface area contributed by atoms with E-state index in [1.54, 1.807) is 6.92 Å². The van der Waals surface area contributed by atoms with Gasteiger partial charge in [0.25, 0.3) is 0 Å². The molecule has 1 aliphatic heterocycles. The molecular weight excluding hydrogens is 156 g/mol. The van der Waals surface area contributed by atoms with Crippen LogP contribution in [0, 0.1) is 11.3 Å². The van der Waals surface area contributed by atoms with E-state index in [4.69, 9.17) is 5.26 Å². The van der Waals surface area contributed by atoms with Crippen LogP contribution in [0.15, 0.2) is 11.1 Å². The first-order valence-corrected chi connectivity index (χ1v) is 3.63. The van der Waals surface area contributed by atoms with Gasteiger partial charge < -0.3 is 10.0 Å². The van der Waals surface area contributed by atoms with Gasteiger partial charge in [0.2, 0.25) is 5.91 Å². The van der Waals surface area contributed by atoms with Crippen molar-refractivity contribution in [2.75, 3.05) is 6.54 Å². The molecule has 0 unspecified atom stereocenters. The highest BCUT2D eigenvalue weighted by Gasteiger charge is 2.30. The maximum Gasteiger partial charge on any atom is 0.222 e. The van der Waals surface area contributed by atoms with Crippen molar-refractivity contribution >= 4 is 5.91 Å². The summed E-state index contributed by atoms with van der Waals surface area (Å²) in [6, 6.07) is 1.88. The van der Waals surface area contributed by atoms with E-state index in [0.29, 0.717) is 12.1 Å². The van der Waals surface area contributed by atoms with Crippen LogP contribution in [0.3, 0.4) is 0 Å². The lowest BCUT2D eigenvalue weighted by molar-refractivity contribution is -0.134. The summed E-state index contributed by atoms with van der Waals surface area (Å²) in [6.45, 7) is 3.47. The quantitative estimate of drug-likeness (QED) is 0.551. The Morgan fingerprint density at radius 3 is 2.67 bits per heavy atom. The summed E-state index contributed by atoms with van der Waals surface area (Å²) >= 11 is 0. The lowest BCUT2D eigenvalue weighted by Gasteiger charge is -2.18. The number of aliphatic hydroxyl groups is 1. The number of amides is 1. The van der Waals surface area contributed by atoms with Crippen molar-refractivity contribution in [2.24, 2.45) is 0 Å². The lowest BCUT2D eigenvalue weighted by Crippen LogP contribution is -2.35. The highest BCUT2D eigenvalue weighted by atomic mass is 16.3. The third-order valence-corrected chi connectivity index (χ3v) is 1.95. The number of nitrogens with zero attached hydrogens (tertiary/aromatic N) is 2. The van der Waals surface area contributed by atoms with E-state index < -0.39 is 6.23 Å². The van der Waals surface area contributed by atoms with Crippen LogP contribution < -0.4 is 0 Å². The van der Waals surface area contributed by atoms with Crippen molar-refractivity contribution in [3.63, 3.8) is 0 Å². The summed E-state index contributed by atoms with van der Waals surface area (Å²) in [5, 5.41) is 18.0. The van der Waals surface area contributed by atoms with Gasteiger partial charge in [0.15, 0.2) is 6.23 Å². The Morgan fingerprint density at radius 1 is 1.83 bits per heavy atom. The average molecular weight is 166 g/mol. The van der Waals surface area contributed by atoms with E-state index >= 15 is 0 Å². The molecule has 0 bridgehead atoms. The van der Waals surface area contributed by atoms with Crippen LogP contribution in [-0.4, -0.2) is 28.7 Å². The molecule has 0 aromatic heterocycles. The van der Waals surface area contributed by atoms with Gasteiger partial charge in [0.05, 0.1) is 11.6 Å². The zero-order valence-corrected chi connectivity index (χ0v) is 7.03. The second-order valence-corrected chi connectivity index (χ2v) is 2.83. The van der Waals surface area contributed by atoms with Crippen LogP contribution in [0.2, 0.25) is 0 Å². The predicted octanol–water partition coefficient (Wildman–Crippen LogP) is 0.00698. The molecule has 0 aromatic carbocycles. The third kappa shape index (κ3) is 1.19. The summed E-state index contributed by atoms with van der Waals surface area (Å²) in [6.07, 6.45) is -1.03. The average Bonchev–Trinajstić information content (AvgIpc) is 2.27. The predicted molar refractivity (Wildman–Crippen MR) is 41.7 cm³/mol. The Morgan fingerprint density at radius 2 is 2.42 bits per heavy atom. The van der Waals surface area contributed by atoms with Crippen molar-refractivity contribution in [1.82, 2.24) is 4.90 Å². The zero-order chi connectivity index (χ0) is 9.30. The lowest BCUT2D eigenvalue weighted by atomic mass is 10.2. The fourth-order valence-electron chi connectivity index (χ4n) is 1.24. The maximum absolute atomic E-state index is 10.9. The first kappa shape index (κ1) is 8.75. The standard InChI is InChI=1S/C8H10N2O2/c1-5-4-10(6(2)11)8(12)7(5)3-9/h8,12H,4H2,1-2H3/t8-/m0/s1. The van der Waals surface area contributed by atoms with Gasteiger partial charge in [-0.05, 0) is 12.5 Å². The van der Waals surface area contributed by atoms with Gasteiger partial charge in [-0.3, -0.25) is 4.79 Å². The second kappa shape index (κ2) is 2.95. The molecule has 0 fully saturated rings. The molecule has 0 saturated carbocycles. The second-order valence-electron chi connectivity index (χ2n) is 2.83. The number of carbonyl (C=O) groups excluding carboxylic acids is 1. The van der Waals surface area contributed by atoms with Gasteiger partial charge in [0, 0.05) is 13.5 Å². The Bertz CT molecular complexity index is 288. The molecule has 1 heterocycles. The van der Waals surface area contributed by atoms with Crippen molar-refractivity contribution < 1.29 is 9.90 Å². The number of hydrogen-bond donors (Lipinski definition) is 1. The largest absolute Gasteiger partial charge is 0.368 e. The van der Waals surface area contributed by atoms with Gasteiger partial charge >= 0.3 is 0 Å². The van der Waals surface area contributed by atoms with Crippen LogP contribution in [0.25, 0.3) is 0 Å². The monoisotopic (exact) mass is 166 g/mol. The molecule has 0 saturated heterocycles. The highest BCUT2D eigenvalue weighted by Crippen LogP contribution is 2.21. The minimum absolute atomic E-state index is 0.216. The molecule has 1 N–H and O–H groups in total. The summed E-state index contributed by atoms with van der Waals surface area (Å²) < 4.78 is 0. The molecule has 1 aliphatic rings. The van der Waals surface area contributed by atoms with E-state index in [9.17, 15) is 9.90 Å². The normalized spacial score (nSPS) is 22.8. The van der Waals surface area contributed by atoms with Gasteiger partial charge in [0.1, 0.15) is 0 Å². The SMILES string of the molecule is CC(=O)N1CC(C)=C(C#N)[C@@H]1O. The molecule has 0 spiro atoms. The van der Waals surface area contributed by atoms with Crippen LogP contribution in [-0.2, 0) is 4.79 Å². The summed E-state index contributed by atoms with van der Waals surface area (Å²) in [5.74, 6) is -0.216. The molecule has 1 atom stereocenters. The van der Waals surface area contributed by atoms with Gasteiger partial charge in [-0.15, -0.1) is 0 Å². The topological polar surface area (TPSA) is 64.3 Å². The van der Waals surface area contributed by atoms with E-state index in [0.717, 1.165) is 5.57 Å². The molecule has 0 aromatic rings. The Balaban J connectivity index is 2.89.